The van der Waals surface area contributed by atoms with Gasteiger partial charge < -0.3 is 14.6 Å². The van der Waals surface area contributed by atoms with E-state index in [0.29, 0.717) is 30.3 Å². The number of nitrogens with zero attached hydrogens (tertiary/aromatic N) is 1. The molecule has 1 N–H and O–H groups in total. The summed E-state index contributed by atoms with van der Waals surface area (Å²) in [6, 6.07) is 10.3. The third-order valence-electron chi connectivity index (χ3n) is 5.95. The van der Waals surface area contributed by atoms with Crippen LogP contribution in [0.25, 0.3) is 0 Å². The number of carbonyl (C=O) groups excluding carboxylic acids is 2. The van der Waals surface area contributed by atoms with Crippen molar-refractivity contribution in [3.8, 4) is 0 Å². The van der Waals surface area contributed by atoms with Crippen molar-refractivity contribution in [2.45, 2.75) is 74.0 Å². The Kier molecular flexibility index (Phi) is 7.25. The lowest BCUT2D eigenvalue weighted by atomic mass is 9.71. The fourth-order valence-electron chi connectivity index (χ4n) is 4.11. The number of benzene rings is 1. The van der Waals surface area contributed by atoms with Crippen LogP contribution in [0, 0.1) is 0 Å². The Morgan fingerprint density at radius 3 is 2.62 bits per heavy atom. The fraction of sp³-hybridized carbons (Fsp3) is 0.619. The summed E-state index contributed by atoms with van der Waals surface area (Å²) in [4.78, 5) is 22.8. The highest BCUT2D eigenvalue weighted by Crippen LogP contribution is 2.53. The van der Waals surface area contributed by atoms with E-state index in [-0.39, 0.29) is 0 Å². The molecule has 1 aromatic rings. The van der Waals surface area contributed by atoms with Crippen LogP contribution in [0.15, 0.2) is 30.3 Å². The van der Waals surface area contributed by atoms with Crippen molar-refractivity contribution >= 4 is 39.7 Å². The normalized spacial score (nSPS) is 30.8. The maximum absolute atomic E-state index is 12.0. The molecule has 3 rings (SSSR count). The van der Waals surface area contributed by atoms with Crippen LogP contribution >= 0.6 is 27.7 Å². The first kappa shape index (κ1) is 22.5. The van der Waals surface area contributed by atoms with Gasteiger partial charge in [0.15, 0.2) is 0 Å². The molecule has 1 saturated carbocycles. The summed E-state index contributed by atoms with van der Waals surface area (Å²) in [5, 5.41) is 11.5. The summed E-state index contributed by atoms with van der Waals surface area (Å²) in [5.41, 5.74) is -0.409. The number of aliphatic hydroxyl groups is 1. The molecule has 1 aromatic carbocycles. The van der Waals surface area contributed by atoms with Crippen molar-refractivity contribution in [1.29, 1.82) is 0 Å². The molecule has 8 heteroatoms. The molecule has 0 aromatic heterocycles. The van der Waals surface area contributed by atoms with Gasteiger partial charge in [-0.05, 0) is 37.7 Å². The molecule has 1 aliphatic carbocycles. The zero-order valence-corrected chi connectivity index (χ0v) is 18.8. The maximum Gasteiger partial charge on any atom is 0.432 e. The first-order chi connectivity index (χ1) is 13.8. The second-order valence-corrected chi connectivity index (χ2v) is 9.24. The lowest BCUT2D eigenvalue weighted by Crippen LogP contribution is -2.61. The van der Waals surface area contributed by atoms with Crippen molar-refractivity contribution in [1.82, 2.24) is 4.42 Å². The highest BCUT2D eigenvalue weighted by Gasteiger charge is 2.67. The zero-order valence-electron chi connectivity index (χ0n) is 16.5. The fourth-order valence-corrected chi connectivity index (χ4v) is 5.17. The molecule has 1 saturated heterocycles. The molecule has 6 nitrogen and oxygen atoms in total. The topological polar surface area (TPSA) is 79.4 Å². The van der Waals surface area contributed by atoms with E-state index in [2.05, 4.69) is 28.1 Å². The number of ether oxygens (including phenoxy) is 2. The number of unbranched alkanes of at least 4 members (excludes halogenated alkanes) is 2. The molecule has 4 atom stereocenters. The highest BCUT2D eigenvalue weighted by atomic mass is 79.9. The van der Waals surface area contributed by atoms with E-state index in [1.54, 1.807) is 0 Å². The number of alkyl halides is 1. The molecular weight excluding hydrogens is 462 g/mol. The molecule has 29 heavy (non-hydrogen) atoms. The molecule has 1 heterocycles. The minimum absolute atomic E-state index is 0.417. The van der Waals surface area contributed by atoms with Crippen LogP contribution in [-0.4, -0.2) is 50.3 Å². The Labute approximate surface area is 184 Å². The minimum Gasteiger partial charge on any atom is -0.444 e. The van der Waals surface area contributed by atoms with Crippen LogP contribution in [0.1, 0.15) is 51.0 Å². The molecule has 0 bridgehead atoms. The Hall–Kier alpha value is -1.15. The standard InChI is InChI=1S/C21H27BrClNO5/c1-15(25)24(23)19(26)29-17-11-13-20(14-28-20)21(27,18(17)22)12-7-3-6-10-16-8-4-2-5-9-16/h2,4-5,8-9,17-18,27H,3,6-7,10-14H2,1H3. The second-order valence-electron chi connectivity index (χ2n) is 7.92. The molecule has 2 fully saturated rings. The van der Waals surface area contributed by atoms with Crippen molar-refractivity contribution < 1.29 is 24.2 Å². The van der Waals surface area contributed by atoms with Gasteiger partial charge in [0.2, 0.25) is 5.91 Å². The van der Waals surface area contributed by atoms with Crippen molar-refractivity contribution in [2.24, 2.45) is 0 Å². The van der Waals surface area contributed by atoms with Crippen LogP contribution < -0.4 is 0 Å². The molecule has 2 aliphatic rings. The summed E-state index contributed by atoms with van der Waals surface area (Å²) < 4.78 is 11.5. The van der Waals surface area contributed by atoms with Crippen LogP contribution in [0.5, 0.6) is 0 Å². The number of rotatable bonds is 7. The predicted octanol–water partition coefficient (Wildman–Crippen LogP) is 4.35. The van der Waals surface area contributed by atoms with Gasteiger partial charge in [-0.3, -0.25) is 4.79 Å². The summed E-state index contributed by atoms with van der Waals surface area (Å²) in [6.45, 7) is 1.69. The molecule has 2 amide bonds. The van der Waals surface area contributed by atoms with E-state index in [1.165, 1.54) is 12.5 Å². The lowest BCUT2D eigenvalue weighted by molar-refractivity contribution is -0.124. The number of amides is 2. The minimum atomic E-state index is -1.14. The first-order valence-corrected chi connectivity index (χ1v) is 11.3. The SMILES string of the molecule is CC(=O)N(Cl)C(=O)OC1CCC2(CO2)C(O)(CCCCCc2ccccc2)C1Br. The quantitative estimate of drug-likeness (QED) is 0.267. The van der Waals surface area contributed by atoms with Crippen molar-refractivity contribution in [3.63, 3.8) is 0 Å². The van der Waals surface area contributed by atoms with E-state index in [9.17, 15) is 14.7 Å². The Morgan fingerprint density at radius 2 is 2.00 bits per heavy atom. The van der Waals surface area contributed by atoms with Gasteiger partial charge in [0.05, 0.1) is 11.4 Å². The van der Waals surface area contributed by atoms with Gasteiger partial charge in [-0.1, -0.05) is 59.1 Å². The van der Waals surface area contributed by atoms with E-state index in [4.69, 9.17) is 21.3 Å². The van der Waals surface area contributed by atoms with Gasteiger partial charge in [-0.15, -0.1) is 0 Å². The number of imide groups is 1. The number of aryl methyl sites for hydroxylation is 1. The summed E-state index contributed by atoms with van der Waals surface area (Å²) >= 11 is 9.21. The maximum atomic E-state index is 12.0. The number of hydrogen-bond donors (Lipinski definition) is 1. The lowest BCUT2D eigenvalue weighted by Gasteiger charge is -2.45. The second kappa shape index (κ2) is 9.33. The Balaban J connectivity index is 1.55. The van der Waals surface area contributed by atoms with Crippen LogP contribution in [0.3, 0.4) is 0 Å². The summed E-state index contributed by atoms with van der Waals surface area (Å²) in [7, 11) is 0. The van der Waals surface area contributed by atoms with Gasteiger partial charge in [0.25, 0.3) is 0 Å². The number of hydrogen-bond acceptors (Lipinski definition) is 5. The number of carbonyl (C=O) groups is 2. The van der Waals surface area contributed by atoms with Gasteiger partial charge in [-0.2, -0.15) is 4.42 Å². The molecule has 0 radical (unpaired) electrons. The number of halogens is 2. The molecule has 1 aliphatic heterocycles. The largest absolute Gasteiger partial charge is 0.444 e. The van der Waals surface area contributed by atoms with Gasteiger partial charge >= 0.3 is 6.09 Å². The molecule has 4 unspecified atom stereocenters. The monoisotopic (exact) mass is 487 g/mol. The third-order valence-corrected chi connectivity index (χ3v) is 7.68. The predicted molar refractivity (Wildman–Crippen MR) is 113 cm³/mol. The smallest absolute Gasteiger partial charge is 0.432 e. The van der Waals surface area contributed by atoms with Crippen LogP contribution in [-0.2, 0) is 20.7 Å². The van der Waals surface area contributed by atoms with Gasteiger partial charge in [0.1, 0.15) is 17.3 Å². The summed E-state index contributed by atoms with van der Waals surface area (Å²) in [5.74, 6) is -0.616. The Morgan fingerprint density at radius 1 is 1.31 bits per heavy atom. The zero-order chi connectivity index (χ0) is 21.1. The summed E-state index contributed by atoms with van der Waals surface area (Å²) in [6.07, 6.45) is 4.02. The highest BCUT2D eigenvalue weighted by molar-refractivity contribution is 9.09. The first-order valence-electron chi connectivity index (χ1n) is 10.0. The van der Waals surface area contributed by atoms with E-state index >= 15 is 0 Å². The van der Waals surface area contributed by atoms with Crippen molar-refractivity contribution in [2.75, 3.05) is 6.61 Å². The Bertz CT molecular complexity index is 729. The van der Waals surface area contributed by atoms with Gasteiger partial charge in [0, 0.05) is 18.7 Å². The van der Waals surface area contributed by atoms with E-state index in [1.807, 2.05) is 18.2 Å². The van der Waals surface area contributed by atoms with E-state index < -0.39 is 34.1 Å². The van der Waals surface area contributed by atoms with Crippen LogP contribution in [0.4, 0.5) is 4.79 Å². The molecular formula is C21H27BrClNO5. The third kappa shape index (κ3) is 4.95. The van der Waals surface area contributed by atoms with Crippen LogP contribution in [0.2, 0.25) is 0 Å². The average Bonchev–Trinajstić information content (AvgIpc) is 3.50. The average molecular weight is 489 g/mol. The van der Waals surface area contributed by atoms with Crippen molar-refractivity contribution in [3.05, 3.63) is 35.9 Å². The molecule has 1 spiro atoms. The number of epoxide rings is 1. The van der Waals surface area contributed by atoms with E-state index in [0.717, 1.165) is 25.7 Å². The molecule has 160 valence electrons. The van der Waals surface area contributed by atoms with Gasteiger partial charge in [-0.25, -0.2) is 4.79 Å².